The van der Waals surface area contributed by atoms with Gasteiger partial charge in [-0.1, -0.05) is 29.3 Å². The number of carbonyl (C=O) groups is 1. The van der Waals surface area contributed by atoms with E-state index in [4.69, 9.17) is 23.2 Å². The van der Waals surface area contributed by atoms with Crippen LogP contribution in [0, 0.1) is 0 Å². The van der Waals surface area contributed by atoms with E-state index in [9.17, 15) is 9.90 Å². The summed E-state index contributed by atoms with van der Waals surface area (Å²) in [5.41, 5.74) is 2.02. The van der Waals surface area contributed by atoms with Gasteiger partial charge in [0.15, 0.2) is 0 Å². The van der Waals surface area contributed by atoms with E-state index in [1.165, 1.54) is 0 Å². The molecule has 4 nitrogen and oxygen atoms in total. The highest BCUT2D eigenvalue weighted by Crippen LogP contribution is 2.27. The van der Waals surface area contributed by atoms with Crippen LogP contribution in [0.15, 0.2) is 42.7 Å². The summed E-state index contributed by atoms with van der Waals surface area (Å²) >= 11 is 11.9. The summed E-state index contributed by atoms with van der Waals surface area (Å²) in [5, 5.41) is 10.1. The number of para-hydroxylation sites is 1. The number of imidazole rings is 1. The van der Waals surface area contributed by atoms with Gasteiger partial charge in [0.05, 0.1) is 26.6 Å². The molecule has 6 heteroatoms. The van der Waals surface area contributed by atoms with Gasteiger partial charge < -0.3 is 5.11 Å². The summed E-state index contributed by atoms with van der Waals surface area (Å²) in [6.45, 7) is 0. The first-order valence-corrected chi connectivity index (χ1v) is 6.48. The van der Waals surface area contributed by atoms with Crippen LogP contribution in [0.4, 0.5) is 0 Å². The number of rotatable bonds is 2. The number of halogens is 2. The van der Waals surface area contributed by atoms with Gasteiger partial charge in [-0.05, 0) is 30.3 Å². The number of aromatic carboxylic acids is 1. The third kappa shape index (κ3) is 2.03. The van der Waals surface area contributed by atoms with Gasteiger partial charge in [0.2, 0.25) is 0 Å². The van der Waals surface area contributed by atoms with Gasteiger partial charge in [0.25, 0.3) is 0 Å². The Morgan fingerprint density at radius 2 is 1.95 bits per heavy atom. The normalized spacial score (nSPS) is 10.9. The standard InChI is InChI=1S/C14H8Cl2N2O2/c15-10-5-4-8(6-11(10)16)18-7-17-12-3-1-2-9(13(12)18)14(19)20/h1-7H,(H,19,20). The molecule has 100 valence electrons. The lowest BCUT2D eigenvalue weighted by Crippen LogP contribution is -2.01. The van der Waals surface area contributed by atoms with E-state index in [0.29, 0.717) is 26.8 Å². The van der Waals surface area contributed by atoms with Crippen molar-refractivity contribution >= 4 is 40.2 Å². The Kier molecular flexibility index (Phi) is 3.12. The fraction of sp³-hybridized carbons (Fsp3) is 0. The molecular weight excluding hydrogens is 299 g/mol. The van der Waals surface area contributed by atoms with Gasteiger partial charge >= 0.3 is 5.97 Å². The highest BCUT2D eigenvalue weighted by molar-refractivity contribution is 6.42. The minimum absolute atomic E-state index is 0.186. The van der Waals surface area contributed by atoms with Gasteiger partial charge in [-0.15, -0.1) is 0 Å². The number of nitrogens with zero attached hydrogens (tertiary/aromatic N) is 2. The van der Waals surface area contributed by atoms with Crippen LogP contribution in [0.1, 0.15) is 10.4 Å². The largest absolute Gasteiger partial charge is 0.478 e. The summed E-state index contributed by atoms with van der Waals surface area (Å²) < 4.78 is 1.68. The third-order valence-corrected chi connectivity index (χ3v) is 3.72. The second-order valence-corrected chi connectivity index (χ2v) is 5.01. The highest BCUT2D eigenvalue weighted by Gasteiger charge is 2.14. The van der Waals surface area contributed by atoms with Gasteiger partial charge in [0, 0.05) is 5.69 Å². The van der Waals surface area contributed by atoms with Crippen LogP contribution in [0.3, 0.4) is 0 Å². The number of benzene rings is 2. The zero-order valence-electron chi connectivity index (χ0n) is 10.0. The van der Waals surface area contributed by atoms with Crippen LogP contribution in [0.2, 0.25) is 10.0 Å². The molecule has 0 spiro atoms. The second-order valence-electron chi connectivity index (χ2n) is 4.19. The molecule has 0 bridgehead atoms. The van der Waals surface area contributed by atoms with Crippen LogP contribution >= 0.6 is 23.2 Å². The zero-order valence-corrected chi connectivity index (χ0v) is 11.6. The fourth-order valence-electron chi connectivity index (χ4n) is 2.07. The van der Waals surface area contributed by atoms with Gasteiger partial charge in [0.1, 0.15) is 6.33 Å². The lowest BCUT2D eigenvalue weighted by Gasteiger charge is -2.07. The Hall–Kier alpha value is -2.04. The van der Waals surface area contributed by atoms with Gasteiger partial charge in [-0.2, -0.15) is 0 Å². The molecule has 0 atom stereocenters. The summed E-state index contributed by atoms with van der Waals surface area (Å²) in [7, 11) is 0. The summed E-state index contributed by atoms with van der Waals surface area (Å²) in [6.07, 6.45) is 1.57. The van der Waals surface area contributed by atoms with E-state index in [2.05, 4.69) is 4.98 Å². The first-order chi connectivity index (χ1) is 9.58. The molecule has 0 radical (unpaired) electrons. The van der Waals surface area contributed by atoms with Crippen molar-refractivity contribution in [1.29, 1.82) is 0 Å². The first-order valence-electron chi connectivity index (χ1n) is 5.72. The molecule has 1 aromatic heterocycles. The molecule has 2 aromatic carbocycles. The minimum Gasteiger partial charge on any atom is -0.478 e. The molecule has 0 aliphatic rings. The maximum Gasteiger partial charge on any atom is 0.337 e. The molecule has 0 saturated carbocycles. The maximum absolute atomic E-state index is 11.3. The molecule has 0 aliphatic carbocycles. The topological polar surface area (TPSA) is 55.1 Å². The third-order valence-electron chi connectivity index (χ3n) is 2.98. The number of fused-ring (bicyclic) bond motifs is 1. The number of carboxylic acid groups (broad SMARTS) is 1. The monoisotopic (exact) mass is 306 g/mol. The lowest BCUT2D eigenvalue weighted by atomic mass is 10.2. The molecule has 0 unspecified atom stereocenters. The predicted octanol–water partition coefficient (Wildman–Crippen LogP) is 4.03. The molecule has 3 aromatic rings. The fourth-order valence-corrected chi connectivity index (χ4v) is 2.36. The molecule has 0 amide bonds. The average Bonchev–Trinajstić information content (AvgIpc) is 2.85. The summed E-state index contributed by atoms with van der Waals surface area (Å²) in [6, 6.07) is 10.1. The van der Waals surface area contributed by atoms with Crippen LogP contribution in [-0.2, 0) is 0 Å². The van der Waals surface area contributed by atoms with Crippen molar-refractivity contribution in [2.75, 3.05) is 0 Å². The smallest absolute Gasteiger partial charge is 0.337 e. The Bertz CT molecular complexity index is 827. The van der Waals surface area contributed by atoms with Gasteiger partial charge in [-0.25, -0.2) is 9.78 Å². The quantitative estimate of drug-likeness (QED) is 0.777. The molecule has 0 fully saturated rings. The van der Waals surface area contributed by atoms with E-state index in [0.717, 1.165) is 0 Å². The van der Waals surface area contributed by atoms with Crippen molar-refractivity contribution in [3.05, 3.63) is 58.3 Å². The number of carboxylic acids is 1. The Morgan fingerprint density at radius 1 is 1.15 bits per heavy atom. The SMILES string of the molecule is O=C(O)c1cccc2ncn(-c3ccc(Cl)c(Cl)c3)c12. The maximum atomic E-state index is 11.3. The van der Waals surface area contributed by atoms with Crippen LogP contribution in [0.5, 0.6) is 0 Å². The van der Waals surface area contributed by atoms with E-state index >= 15 is 0 Å². The van der Waals surface area contributed by atoms with E-state index in [1.54, 1.807) is 47.3 Å². The van der Waals surface area contributed by atoms with E-state index in [-0.39, 0.29) is 5.56 Å². The van der Waals surface area contributed by atoms with Gasteiger partial charge in [-0.3, -0.25) is 4.57 Å². The molecule has 20 heavy (non-hydrogen) atoms. The van der Waals surface area contributed by atoms with Crippen molar-refractivity contribution in [3.63, 3.8) is 0 Å². The van der Waals surface area contributed by atoms with Crippen LogP contribution < -0.4 is 0 Å². The molecule has 1 N–H and O–H groups in total. The lowest BCUT2D eigenvalue weighted by molar-refractivity contribution is 0.0698. The van der Waals surface area contributed by atoms with Crippen LogP contribution in [-0.4, -0.2) is 20.6 Å². The number of hydrogen-bond donors (Lipinski definition) is 1. The van der Waals surface area contributed by atoms with E-state index < -0.39 is 5.97 Å². The number of hydrogen-bond acceptors (Lipinski definition) is 2. The minimum atomic E-state index is -1.00. The van der Waals surface area contributed by atoms with Crippen molar-refractivity contribution in [1.82, 2.24) is 9.55 Å². The molecule has 1 heterocycles. The predicted molar refractivity (Wildman–Crippen MR) is 78.0 cm³/mol. The average molecular weight is 307 g/mol. The Morgan fingerprint density at radius 3 is 2.65 bits per heavy atom. The van der Waals surface area contributed by atoms with Crippen molar-refractivity contribution in [3.8, 4) is 5.69 Å². The Labute approximate surface area is 124 Å². The van der Waals surface area contributed by atoms with Crippen molar-refractivity contribution < 1.29 is 9.90 Å². The molecule has 0 aliphatic heterocycles. The Balaban J connectivity index is 2.31. The first kappa shape index (κ1) is 13.0. The second kappa shape index (κ2) is 4.81. The summed E-state index contributed by atoms with van der Waals surface area (Å²) in [4.78, 5) is 15.5. The van der Waals surface area contributed by atoms with Crippen molar-refractivity contribution in [2.24, 2.45) is 0 Å². The van der Waals surface area contributed by atoms with E-state index in [1.807, 2.05) is 0 Å². The zero-order chi connectivity index (χ0) is 14.3. The molecule has 0 saturated heterocycles. The van der Waals surface area contributed by atoms with Crippen LogP contribution in [0.25, 0.3) is 16.7 Å². The highest BCUT2D eigenvalue weighted by atomic mass is 35.5. The summed E-state index contributed by atoms with van der Waals surface area (Å²) in [5.74, 6) is -1.00. The molecular formula is C14H8Cl2N2O2. The molecule has 3 rings (SSSR count). The number of aromatic nitrogens is 2. The van der Waals surface area contributed by atoms with Crippen molar-refractivity contribution in [2.45, 2.75) is 0 Å².